The van der Waals surface area contributed by atoms with E-state index < -0.39 is 8.07 Å². The summed E-state index contributed by atoms with van der Waals surface area (Å²) in [7, 11) is 0.552. The highest BCUT2D eigenvalue weighted by Gasteiger charge is 2.28. The summed E-state index contributed by atoms with van der Waals surface area (Å²) in [5.41, 5.74) is 7.28. The summed E-state index contributed by atoms with van der Waals surface area (Å²) in [4.78, 5) is 0. The first-order valence-corrected chi connectivity index (χ1v) is 18.3. The average Bonchev–Trinajstić information content (AvgIpc) is 3.31. The summed E-state index contributed by atoms with van der Waals surface area (Å²) in [5.74, 6) is -0.599. The van der Waals surface area contributed by atoms with E-state index in [2.05, 4.69) is 43.9 Å². The Hall–Kier alpha value is -4.09. The molecule has 0 aliphatic heterocycles. The van der Waals surface area contributed by atoms with E-state index in [0.29, 0.717) is 28.0 Å². The molecule has 0 fully saturated rings. The van der Waals surface area contributed by atoms with Crippen molar-refractivity contribution in [1.29, 1.82) is 0 Å². The van der Waals surface area contributed by atoms with Crippen LogP contribution in [-0.2, 0) is 12.5 Å². The van der Waals surface area contributed by atoms with Gasteiger partial charge in [0.05, 0.1) is 24.8 Å². The van der Waals surface area contributed by atoms with Crippen molar-refractivity contribution in [3.05, 3.63) is 108 Å². The smallest absolute Gasteiger partial charge is 0.219 e. The Kier molecular flexibility index (Phi) is 6.93. The Morgan fingerprint density at radius 2 is 1.21 bits per heavy atom. The normalized spacial score (nSPS) is 12.4. The Bertz CT molecular complexity index is 2010. The van der Waals surface area contributed by atoms with E-state index in [4.69, 9.17) is 4.42 Å². The van der Waals surface area contributed by atoms with Crippen molar-refractivity contribution < 1.29 is 17.8 Å². The molecule has 43 heavy (non-hydrogen) atoms. The van der Waals surface area contributed by atoms with Gasteiger partial charge in [-0.15, -0.1) is 0 Å². The van der Waals surface area contributed by atoms with Crippen LogP contribution in [0.2, 0.25) is 19.6 Å². The monoisotopic (exact) mass is 590 g/mol. The molecule has 2 nitrogen and oxygen atoms in total. The van der Waals surface area contributed by atoms with E-state index in [-0.39, 0.29) is 17.0 Å². The van der Waals surface area contributed by atoms with Gasteiger partial charge in [-0.05, 0) is 46.7 Å². The largest absolute Gasteiger partial charge is 0.454 e. The lowest BCUT2D eigenvalue weighted by atomic mass is 9.87. The first-order valence-electron chi connectivity index (χ1n) is 14.8. The summed E-state index contributed by atoms with van der Waals surface area (Å²) in [5, 5.41) is 3.12. The van der Waals surface area contributed by atoms with E-state index in [1.165, 1.54) is 11.3 Å². The molecule has 0 unspecified atom stereocenters. The summed E-state index contributed by atoms with van der Waals surface area (Å²) >= 11 is 0. The van der Waals surface area contributed by atoms with Crippen molar-refractivity contribution in [1.82, 2.24) is 0 Å². The molecule has 218 valence electrons. The van der Waals surface area contributed by atoms with Gasteiger partial charge in [-0.3, -0.25) is 0 Å². The quantitative estimate of drug-likeness (QED) is 0.148. The van der Waals surface area contributed by atoms with E-state index in [1.807, 2.05) is 81.9 Å². The molecule has 0 aliphatic rings. The molecule has 4 aromatic carbocycles. The topological polar surface area (TPSA) is 17.0 Å². The minimum atomic E-state index is -1.37. The molecule has 2 heterocycles. The highest BCUT2D eigenvalue weighted by Crippen LogP contribution is 2.42. The molecule has 0 saturated heterocycles. The molecule has 0 N–H and O–H groups in total. The molecule has 2 aromatic heterocycles. The fourth-order valence-electron chi connectivity index (χ4n) is 5.98. The maximum absolute atomic E-state index is 15.6. The summed E-state index contributed by atoms with van der Waals surface area (Å²) in [6.45, 7) is 15.0. The lowest BCUT2D eigenvalue weighted by molar-refractivity contribution is -0.661. The number of furan rings is 1. The van der Waals surface area contributed by atoms with Crippen molar-refractivity contribution in [3.8, 4) is 33.5 Å². The minimum absolute atomic E-state index is 0.255. The van der Waals surface area contributed by atoms with Crippen LogP contribution < -0.4 is 9.75 Å². The van der Waals surface area contributed by atoms with Crippen LogP contribution in [0.3, 0.4) is 0 Å². The fraction of sp³-hybridized carbons (Fsp3) is 0.237. The predicted molar refractivity (Wildman–Crippen MR) is 178 cm³/mol. The Balaban J connectivity index is 1.49. The number of benzene rings is 4. The third kappa shape index (κ3) is 5.10. The number of fused-ring (bicyclic) bond motifs is 3. The molecule has 0 atom stereocenters. The summed E-state index contributed by atoms with van der Waals surface area (Å²) < 4.78 is 39.5. The molecule has 0 saturated carbocycles. The highest BCUT2D eigenvalue weighted by atomic mass is 28.3. The molecular formula is C38H38F2NOSi+. The molecule has 0 amide bonds. The van der Waals surface area contributed by atoms with Gasteiger partial charge in [-0.25, -0.2) is 13.3 Å². The second-order valence-corrected chi connectivity index (χ2v) is 18.8. The van der Waals surface area contributed by atoms with Crippen LogP contribution in [0, 0.1) is 18.6 Å². The zero-order valence-electron chi connectivity index (χ0n) is 26.2. The van der Waals surface area contributed by atoms with Crippen LogP contribution >= 0.6 is 0 Å². The van der Waals surface area contributed by atoms with E-state index in [0.717, 1.165) is 38.6 Å². The number of hydrogen-bond acceptors (Lipinski definition) is 1. The number of hydrogen-bond donors (Lipinski definition) is 0. The van der Waals surface area contributed by atoms with Gasteiger partial charge in [0, 0.05) is 16.8 Å². The number of rotatable bonds is 4. The molecule has 6 aromatic rings. The lowest BCUT2D eigenvalue weighted by Crippen LogP contribution is -2.37. The number of nitrogens with zero attached hydrogens (tertiary/aromatic N) is 1. The first-order chi connectivity index (χ1) is 20.2. The van der Waals surface area contributed by atoms with Crippen molar-refractivity contribution >= 4 is 35.2 Å². The Morgan fingerprint density at radius 3 is 1.79 bits per heavy atom. The van der Waals surface area contributed by atoms with E-state index in [9.17, 15) is 0 Å². The Labute approximate surface area is 253 Å². The number of halogens is 2. The number of aromatic nitrogens is 1. The molecule has 0 spiro atoms. The van der Waals surface area contributed by atoms with E-state index in [1.54, 1.807) is 12.1 Å². The number of aryl methyl sites for hydroxylation is 2. The second kappa shape index (κ2) is 10.3. The van der Waals surface area contributed by atoms with Crippen LogP contribution in [0.15, 0.2) is 89.5 Å². The third-order valence-corrected chi connectivity index (χ3v) is 10.6. The maximum atomic E-state index is 15.6. The van der Waals surface area contributed by atoms with Crippen LogP contribution in [0.4, 0.5) is 8.78 Å². The summed E-state index contributed by atoms with van der Waals surface area (Å²) in [6, 6.07) is 25.7. The predicted octanol–water partition coefficient (Wildman–Crippen LogP) is 9.84. The summed E-state index contributed by atoms with van der Waals surface area (Å²) in [6.07, 6.45) is 1.86. The lowest BCUT2D eigenvalue weighted by Gasteiger charge is -2.18. The van der Waals surface area contributed by atoms with Gasteiger partial charge in [0.25, 0.3) is 0 Å². The van der Waals surface area contributed by atoms with Crippen LogP contribution in [0.25, 0.3) is 55.4 Å². The first kappa shape index (κ1) is 29.0. The van der Waals surface area contributed by atoms with Crippen molar-refractivity contribution in [2.45, 2.75) is 52.8 Å². The minimum Gasteiger partial charge on any atom is -0.454 e. The molecule has 0 aliphatic carbocycles. The third-order valence-electron chi connectivity index (χ3n) is 8.51. The molecular weight excluding hydrogens is 553 g/mol. The molecule has 0 radical (unpaired) electrons. The van der Waals surface area contributed by atoms with Gasteiger partial charge in [0.15, 0.2) is 6.20 Å². The van der Waals surface area contributed by atoms with Gasteiger partial charge >= 0.3 is 0 Å². The molecule has 6 rings (SSSR count). The van der Waals surface area contributed by atoms with Crippen molar-refractivity contribution in [2.24, 2.45) is 7.05 Å². The zero-order valence-corrected chi connectivity index (χ0v) is 27.2. The second-order valence-electron chi connectivity index (χ2n) is 13.7. The standard InChI is InChI=1S/C38H38F2NOSi/c1-23-9-18-28-29-19-20-31(39)35(26-12-10-24(11-13-26)25-14-16-27(17-15-25)43(6,7)8)37(29)42-36(28)34(23)33-21-32(40)30(22-41(33)5)38(2,3)4/h9-22H,1-8H3/q+1. The van der Waals surface area contributed by atoms with E-state index >= 15 is 8.78 Å². The fourth-order valence-corrected chi connectivity index (χ4v) is 7.15. The van der Waals surface area contributed by atoms with Gasteiger partial charge in [-0.1, -0.05) is 106 Å². The number of pyridine rings is 1. The van der Waals surface area contributed by atoms with Gasteiger partial charge < -0.3 is 4.42 Å². The van der Waals surface area contributed by atoms with Crippen molar-refractivity contribution in [3.63, 3.8) is 0 Å². The van der Waals surface area contributed by atoms with Crippen molar-refractivity contribution in [2.75, 3.05) is 0 Å². The van der Waals surface area contributed by atoms with Gasteiger partial charge in [0.2, 0.25) is 5.69 Å². The highest BCUT2D eigenvalue weighted by molar-refractivity contribution is 6.88. The van der Waals surface area contributed by atoms with Crippen LogP contribution in [-0.4, -0.2) is 8.07 Å². The average molecular weight is 591 g/mol. The van der Waals surface area contributed by atoms with Gasteiger partial charge in [0.1, 0.15) is 29.8 Å². The Morgan fingerprint density at radius 1 is 0.674 bits per heavy atom. The SMILES string of the molecule is Cc1ccc2c(oc3c(-c4ccc(-c5ccc([Si](C)(C)C)cc5)cc4)c(F)ccc32)c1-c1cc(F)c(C(C)(C)C)c[n+]1C. The van der Waals surface area contributed by atoms with Crippen LogP contribution in [0.1, 0.15) is 31.9 Å². The van der Waals surface area contributed by atoms with Gasteiger partial charge in [-0.2, -0.15) is 0 Å². The molecule has 0 bridgehead atoms. The zero-order chi connectivity index (χ0) is 30.8. The maximum Gasteiger partial charge on any atom is 0.219 e. The molecule has 5 heteroatoms. The van der Waals surface area contributed by atoms with Crippen LogP contribution in [0.5, 0.6) is 0 Å².